The van der Waals surface area contributed by atoms with Crippen molar-refractivity contribution in [1.82, 2.24) is 10.6 Å². The van der Waals surface area contributed by atoms with Crippen LogP contribution in [0.1, 0.15) is 68.6 Å². The van der Waals surface area contributed by atoms with Crippen LogP contribution in [-0.4, -0.2) is 30.0 Å². The zero-order valence-corrected chi connectivity index (χ0v) is 25.5. The quantitative estimate of drug-likeness (QED) is 0.111. The second kappa shape index (κ2) is 22.1. The molecule has 0 aliphatic carbocycles. The van der Waals surface area contributed by atoms with E-state index in [-0.39, 0.29) is 35.9 Å². The minimum Gasteiger partial charge on any atom is -0.507 e. The second-order valence-corrected chi connectivity index (χ2v) is 9.92. The van der Waals surface area contributed by atoms with Gasteiger partial charge in [-0.3, -0.25) is 9.59 Å². The lowest BCUT2D eigenvalue weighted by atomic mass is 10.0. The van der Waals surface area contributed by atoms with E-state index in [4.69, 9.17) is 0 Å². The van der Waals surface area contributed by atoms with Crippen molar-refractivity contribution in [2.45, 2.75) is 58.3 Å². The summed E-state index contributed by atoms with van der Waals surface area (Å²) in [7, 11) is 0. The number of carbonyl (C=O) groups is 2. The highest BCUT2D eigenvalue weighted by Crippen LogP contribution is 2.28. The lowest BCUT2D eigenvalue weighted by molar-refractivity contribution is -0.120. The van der Waals surface area contributed by atoms with E-state index in [2.05, 4.69) is 78.3 Å². The number of halogens is 2. The van der Waals surface area contributed by atoms with E-state index in [1.807, 2.05) is 12.2 Å². The van der Waals surface area contributed by atoms with Crippen molar-refractivity contribution >= 4 is 11.8 Å². The number of carbonyl (C=O) groups excluding carboxylic acids is 2. The molecule has 0 aliphatic rings. The van der Waals surface area contributed by atoms with Crippen LogP contribution in [0.2, 0.25) is 0 Å². The summed E-state index contributed by atoms with van der Waals surface area (Å²) in [6, 6.07) is 7.22. The number of hydrogen-bond donors (Lipinski definition) is 3. The summed E-state index contributed by atoms with van der Waals surface area (Å²) >= 11 is 0. The van der Waals surface area contributed by atoms with Gasteiger partial charge in [-0.1, -0.05) is 85.9 Å². The number of allylic oxidation sites excluding steroid dienone is 12. The minimum atomic E-state index is -0.770. The Morgan fingerprint density at radius 3 is 1.82 bits per heavy atom. The first-order valence-electron chi connectivity index (χ1n) is 15.2. The molecule has 0 heterocycles. The van der Waals surface area contributed by atoms with Gasteiger partial charge in [-0.15, -0.1) is 0 Å². The molecule has 2 amide bonds. The smallest absolute Gasteiger partial charge is 0.255 e. The fourth-order valence-corrected chi connectivity index (χ4v) is 4.02. The van der Waals surface area contributed by atoms with Crippen molar-refractivity contribution in [3.8, 4) is 16.9 Å². The Morgan fingerprint density at radius 1 is 0.705 bits per heavy atom. The maximum absolute atomic E-state index is 14.1. The summed E-state index contributed by atoms with van der Waals surface area (Å²) < 4.78 is 27.3. The molecule has 2 rings (SSSR count). The fourth-order valence-electron chi connectivity index (χ4n) is 4.02. The molecule has 0 bridgehead atoms. The summed E-state index contributed by atoms with van der Waals surface area (Å²) in [5, 5.41) is 15.5. The van der Waals surface area contributed by atoms with Gasteiger partial charge < -0.3 is 15.7 Å². The number of hydrogen-bond acceptors (Lipinski definition) is 3. The molecular weight excluding hydrogens is 558 g/mol. The van der Waals surface area contributed by atoms with E-state index >= 15 is 0 Å². The third kappa shape index (κ3) is 15.1. The summed E-state index contributed by atoms with van der Waals surface area (Å²) in [5.74, 6) is -2.44. The van der Waals surface area contributed by atoms with E-state index in [9.17, 15) is 23.5 Å². The Bertz CT molecular complexity index is 1360. The van der Waals surface area contributed by atoms with Crippen LogP contribution in [0.25, 0.3) is 11.1 Å². The van der Waals surface area contributed by atoms with Crippen molar-refractivity contribution in [1.29, 1.82) is 0 Å². The molecule has 0 unspecified atom stereocenters. The highest BCUT2D eigenvalue weighted by atomic mass is 19.1. The fraction of sp³-hybridized carbons (Fsp3) is 0.297. The highest BCUT2D eigenvalue weighted by molar-refractivity contribution is 5.98. The summed E-state index contributed by atoms with van der Waals surface area (Å²) in [5.41, 5.74) is 0.392. The van der Waals surface area contributed by atoms with Gasteiger partial charge in [-0.25, -0.2) is 8.78 Å². The van der Waals surface area contributed by atoms with Crippen molar-refractivity contribution in [3.05, 3.63) is 127 Å². The number of phenolic OH excluding ortho intramolecular Hbond substituents is 1. The molecule has 0 saturated heterocycles. The Labute approximate surface area is 260 Å². The topological polar surface area (TPSA) is 78.4 Å². The molecule has 2 aromatic rings. The minimum absolute atomic E-state index is 0.0461. The summed E-state index contributed by atoms with van der Waals surface area (Å²) in [6.07, 6.45) is 32.3. The van der Waals surface area contributed by atoms with Crippen molar-refractivity contribution in [2.75, 3.05) is 13.1 Å². The van der Waals surface area contributed by atoms with Gasteiger partial charge in [0.15, 0.2) is 0 Å². The number of benzene rings is 2. The number of phenols is 1. The number of aromatic hydroxyl groups is 1. The highest BCUT2D eigenvalue weighted by Gasteiger charge is 2.14. The van der Waals surface area contributed by atoms with Crippen LogP contribution >= 0.6 is 0 Å². The van der Waals surface area contributed by atoms with Gasteiger partial charge in [-0.2, -0.15) is 0 Å². The zero-order chi connectivity index (χ0) is 31.8. The van der Waals surface area contributed by atoms with E-state index in [1.54, 1.807) is 0 Å². The van der Waals surface area contributed by atoms with Crippen LogP contribution in [-0.2, 0) is 4.79 Å². The molecule has 44 heavy (non-hydrogen) atoms. The SMILES string of the molecule is CCC=CCC=CCC=CCC=CCC=CCC=CCCC(=O)NCCNC(=O)c1cc(-c2ccc(F)cc2F)ccc1O. The molecular formula is C37H44F2N2O3. The average molecular weight is 603 g/mol. The molecule has 0 atom stereocenters. The largest absolute Gasteiger partial charge is 0.507 e. The van der Waals surface area contributed by atoms with Crippen LogP contribution in [0.15, 0.2) is 109 Å². The Kier molecular flexibility index (Phi) is 17.9. The molecule has 5 nitrogen and oxygen atoms in total. The predicted molar refractivity (Wildman–Crippen MR) is 176 cm³/mol. The Hall–Kier alpha value is -4.52. The normalized spacial score (nSPS) is 12.2. The van der Waals surface area contributed by atoms with Gasteiger partial charge in [0.05, 0.1) is 5.56 Å². The van der Waals surface area contributed by atoms with Gasteiger partial charge in [0.25, 0.3) is 5.91 Å². The third-order valence-corrected chi connectivity index (χ3v) is 6.35. The number of amides is 2. The van der Waals surface area contributed by atoms with E-state index < -0.39 is 17.5 Å². The van der Waals surface area contributed by atoms with Crippen molar-refractivity contribution in [3.63, 3.8) is 0 Å². The summed E-state index contributed by atoms with van der Waals surface area (Å²) in [4.78, 5) is 24.6. The Balaban J connectivity index is 1.55. The first kappa shape index (κ1) is 35.7. The first-order chi connectivity index (χ1) is 21.4. The average Bonchev–Trinajstić information content (AvgIpc) is 3.00. The molecule has 0 fully saturated rings. The lowest BCUT2D eigenvalue weighted by Crippen LogP contribution is -2.34. The van der Waals surface area contributed by atoms with Gasteiger partial charge in [0.2, 0.25) is 5.91 Å². The first-order valence-corrected chi connectivity index (χ1v) is 15.2. The summed E-state index contributed by atoms with van der Waals surface area (Å²) in [6.45, 7) is 2.51. The number of rotatable bonds is 19. The molecule has 3 N–H and O–H groups in total. The van der Waals surface area contributed by atoms with Gasteiger partial charge >= 0.3 is 0 Å². The van der Waals surface area contributed by atoms with Crippen LogP contribution in [0.5, 0.6) is 5.75 Å². The zero-order valence-electron chi connectivity index (χ0n) is 25.5. The van der Waals surface area contributed by atoms with E-state index in [0.29, 0.717) is 18.4 Å². The van der Waals surface area contributed by atoms with Gasteiger partial charge in [-0.05, 0) is 74.8 Å². The molecule has 0 aromatic heterocycles. The lowest BCUT2D eigenvalue weighted by Gasteiger charge is -2.10. The van der Waals surface area contributed by atoms with Crippen LogP contribution < -0.4 is 10.6 Å². The molecule has 7 heteroatoms. The molecule has 0 spiro atoms. The van der Waals surface area contributed by atoms with E-state index in [0.717, 1.165) is 50.7 Å². The van der Waals surface area contributed by atoms with Crippen LogP contribution in [0, 0.1) is 11.6 Å². The maximum atomic E-state index is 14.1. The second-order valence-electron chi connectivity index (χ2n) is 9.92. The molecule has 0 radical (unpaired) electrons. The maximum Gasteiger partial charge on any atom is 0.255 e. The molecule has 234 valence electrons. The Morgan fingerprint density at radius 2 is 1.25 bits per heavy atom. The van der Waals surface area contributed by atoms with Gasteiger partial charge in [0.1, 0.15) is 17.4 Å². The standard InChI is InChI=1S/C37H44F2N2O3/c1-2-3-4-5-6-7-8-9-10-11-12-13-14-15-16-17-18-19-20-21-36(43)40-26-27-41-37(44)33-28-30(22-25-35(33)42)32-24-23-31(38)29-34(32)39/h3-4,6-7,9-10,12-13,15-16,18-19,22-25,28-29,42H,2,5,8,11,14,17,20-21,26-27H2,1H3,(H,40,43)(H,41,44). The predicted octanol–water partition coefficient (Wildman–Crippen LogP) is 8.66. The molecule has 2 aromatic carbocycles. The van der Waals surface area contributed by atoms with Crippen molar-refractivity contribution in [2.24, 2.45) is 0 Å². The third-order valence-electron chi connectivity index (χ3n) is 6.35. The van der Waals surface area contributed by atoms with Gasteiger partial charge in [0, 0.05) is 31.1 Å². The van der Waals surface area contributed by atoms with E-state index in [1.165, 1.54) is 24.3 Å². The van der Waals surface area contributed by atoms with Crippen LogP contribution in [0.4, 0.5) is 8.78 Å². The number of nitrogens with one attached hydrogen (secondary N) is 2. The van der Waals surface area contributed by atoms with Crippen molar-refractivity contribution < 1.29 is 23.5 Å². The van der Waals surface area contributed by atoms with Crippen LogP contribution in [0.3, 0.4) is 0 Å². The molecule has 0 aliphatic heterocycles. The monoisotopic (exact) mass is 602 g/mol. The molecule has 0 saturated carbocycles.